The van der Waals surface area contributed by atoms with Crippen molar-refractivity contribution >= 4 is 0 Å². The van der Waals surface area contributed by atoms with Crippen LogP contribution in [-0.4, -0.2) is 11.2 Å². The molecule has 0 saturated heterocycles. The summed E-state index contributed by atoms with van der Waals surface area (Å²) in [6.45, 7) is 5.52. The maximum Gasteiger partial charge on any atom is 0.133 e. The van der Waals surface area contributed by atoms with Crippen LogP contribution in [0.15, 0.2) is 12.7 Å². The zero-order valence-electron chi connectivity index (χ0n) is 6.43. The Hall–Kier alpha value is -0.740. The van der Waals surface area contributed by atoms with Gasteiger partial charge in [0.05, 0.1) is 0 Å². The lowest BCUT2D eigenvalue weighted by Crippen LogP contribution is -1.94. The van der Waals surface area contributed by atoms with Crippen molar-refractivity contribution in [1.82, 2.24) is 0 Å². The first-order valence-electron chi connectivity index (χ1n) is 3.60. The van der Waals surface area contributed by atoms with Crippen molar-refractivity contribution in [3.05, 3.63) is 12.7 Å². The van der Waals surface area contributed by atoms with E-state index in [1.165, 1.54) is 6.08 Å². The summed E-state index contributed by atoms with van der Waals surface area (Å²) in [6.07, 6.45) is 3.92. The fourth-order valence-corrected chi connectivity index (χ4v) is 0.501. The first-order chi connectivity index (χ1) is 4.81. The van der Waals surface area contributed by atoms with Gasteiger partial charge in [0.1, 0.15) is 6.10 Å². The number of hydrogen-bond donors (Lipinski definition) is 1. The van der Waals surface area contributed by atoms with Crippen molar-refractivity contribution in [1.29, 1.82) is 0 Å². The summed E-state index contributed by atoms with van der Waals surface area (Å²) in [6, 6.07) is 0. The molecule has 1 unspecified atom stereocenters. The van der Waals surface area contributed by atoms with Crippen molar-refractivity contribution in [2.24, 2.45) is 0 Å². The molecule has 0 fully saturated rings. The topological polar surface area (TPSA) is 20.2 Å². The molecule has 0 aliphatic carbocycles. The number of rotatable bonds is 3. The number of aliphatic hydroxyl groups is 1. The minimum Gasteiger partial charge on any atom is -0.377 e. The third-order valence-corrected chi connectivity index (χ3v) is 1.13. The second kappa shape index (κ2) is 6.38. The van der Waals surface area contributed by atoms with Gasteiger partial charge in [-0.05, 0) is 6.42 Å². The molecule has 56 valence electrons. The molecule has 10 heavy (non-hydrogen) atoms. The van der Waals surface area contributed by atoms with Crippen LogP contribution >= 0.6 is 0 Å². The lowest BCUT2D eigenvalue weighted by atomic mass is 10.2. The summed E-state index contributed by atoms with van der Waals surface area (Å²) in [5, 5.41) is 8.87. The molecular formula is C9H14O. The van der Waals surface area contributed by atoms with Gasteiger partial charge in [-0.2, -0.15) is 0 Å². The molecule has 0 bridgehead atoms. The SMILES string of the molecule is C=CC(O)C#CCCCC. The van der Waals surface area contributed by atoms with Crippen LogP contribution in [0, 0.1) is 11.8 Å². The molecule has 1 heteroatoms. The zero-order valence-corrected chi connectivity index (χ0v) is 6.43. The molecular weight excluding hydrogens is 124 g/mol. The fourth-order valence-electron chi connectivity index (χ4n) is 0.501. The van der Waals surface area contributed by atoms with Gasteiger partial charge < -0.3 is 5.11 Å². The lowest BCUT2D eigenvalue weighted by Gasteiger charge is -1.89. The second-order valence-corrected chi connectivity index (χ2v) is 2.11. The van der Waals surface area contributed by atoms with E-state index in [9.17, 15) is 0 Å². The van der Waals surface area contributed by atoms with Gasteiger partial charge in [-0.3, -0.25) is 0 Å². The van der Waals surface area contributed by atoms with Crippen molar-refractivity contribution in [3.63, 3.8) is 0 Å². The zero-order chi connectivity index (χ0) is 7.82. The number of unbranched alkanes of at least 4 members (excludes halogenated alkanes) is 2. The molecule has 0 aliphatic heterocycles. The van der Waals surface area contributed by atoms with E-state index in [1.54, 1.807) is 0 Å². The van der Waals surface area contributed by atoms with Gasteiger partial charge in [-0.25, -0.2) is 0 Å². The first-order valence-corrected chi connectivity index (χ1v) is 3.60. The molecule has 0 heterocycles. The van der Waals surface area contributed by atoms with Crippen LogP contribution in [0.4, 0.5) is 0 Å². The van der Waals surface area contributed by atoms with Crippen molar-refractivity contribution in [2.45, 2.75) is 32.3 Å². The molecule has 0 rings (SSSR count). The number of aliphatic hydroxyl groups excluding tert-OH is 1. The highest BCUT2D eigenvalue weighted by Crippen LogP contribution is 1.91. The highest BCUT2D eigenvalue weighted by Gasteiger charge is 1.85. The van der Waals surface area contributed by atoms with E-state index in [0.29, 0.717) is 0 Å². The Bertz CT molecular complexity index is 139. The molecule has 0 aromatic rings. The third kappa shape index (κ3) is 5.40. The van der Waals surface area contributed by atoms with Gasteiger partial charge in [0.25, 0.3) is 0 Å². The Labute approximate surface area is 62.8 Å². The minimum absolute atomic E-state index is 0.642. The summed E-state index contributed by atoms with van der Waals surface area (Å²) >= 11 is 0. The van der Waals surface area contributed by atoms with E-state index >= 15 is 0 Å². The smallest absolute Gasteiger partial charge is 0.133 e. The molecule has 0 saturated carbocycles. The van der Waals surface area contributed by atoms with Crippen LogP contribution in [0.3, 0.4) is 0 Å². The minimum atomic E-state index is -0.642. The molecule has 0 amide bonds. The van der Waals surface area contributed by atoms with Gasteiger partial charge in [0.2, 0.25) is 0 Å². The van der Waals surface area contributed by atoms with E-state index in [1.807, 2.05) is 0 Å². The van der Waals surface area contributed by atoms with E-state index in [-0.39, 0.29) is 0 Å². The van der Waals surface area contributed by atoms with Crippen LogP contribution in [0.1, 0.15) is 26.2 Å². The predicted octanol–water partition coefficient (Wildman–Crippen LogP) is 1.73. The van der Waals surface area contributed by atoms with Gasteiger partial charge >= 0.3 is 0 Å². The van der Waals surface area contributed by atoms with Crippen LogP contribution in [0.5, 0.6) is 0 Å². The first kappa shape index (κ1) is 9.26. The summed E-state index contributed by atoms with van der Waals surface area (Å²) < 4.78 is 0. The highest BCUT2D eigenvalue weighted by atomic mass is 16.3. The van der Waals surface area contributed by atoms with Gasteiger partial charge in [-0.1, -0.05) is 31.9 Å². The Balaban J connectivity index is 3.38. The van der Waals surface area contributed by atoms with Crippen molar-refractivity contribution < 1.29 is 5.11 Å². The maximum absolute atomic E-state index is 8.87. The molecule has 0 radical (unpaired) electrons. The normalized spacial score (nSPS) is 11.4. The van der Waals surface area contributed by atoms with Crippen LogP contribution < -0.4 is 0 Å². The Morgan fingerprint density at radius 1 is 1.70 bits per heavy atom. The van der Waals surface area contributed by atoms with E-state index in [0.717, 1.165) is 19.3 Å². The highest BCUT2D eigenvalue weighted by molar-refractivity contribution is 5.10. The molecule has 0 aromatic carbocycles. The summed E-state index contributed by atoms with van der Waals surface area (Å²) in [4.78, 5) is 0. The van der Waals surface area contributed by atoms with E-state index in [2.05, 4.69) is 25.3 Å². The molecule has 0 aliphatic rings. The summed E-state index contributed by atoms with van der Waals surface area (Å²) in [7, 11) is 0. The second-order valence-electron chi connectivity index (χ2n) is 2.11. The van der Waals surface area contributed by atoms with Crippen LogP contribution in [0.2, 0.25) is 0 Å². The lowest BCUT2D eigenvalue weighted by molar-refractivity contribution is 0.281. The Morgan fingerprint density at radius 2 is 2.40 bits per heavy atom. The molecule has 1 N–H and O–H groups in total. The van der Waals surface area contributed by atoms with Crippen LogP contribution in [-0.2, 0) is 0 Å². The van der Waals surface area contributed by atoms with Gasteiger partial charge in [0, 0.05) is 6.42 Å². The maximum atomic E-state index is 8.87. The van der Waals surface area contributed by atoms with E-state index in [4.69, 9.17) is 5.11 Å². The van der Waals surface area contributed by atoms with Crippen molar-refractivity contribution in [3.8, 4) is 11.8 Å². The Kier molecular flexibility index (Phi) is 5.91. The Morgan fingerprint density at radius 3 is 2.90 bits per heavy atom. The molecule has 1 nitrogen and oxygen atoms in total. The molecule has 0 aromatic heterocycles. The summed E-state index contributed by atoms with van der Waals surface area (Å²) in [5.74, 6) is 5.52. The third-order valence-electron chi connectivity index (χ3n) is 1.13. The van der Waals surface area contributed by atoms with Gasteiger partial charge in [0.15, 0.2) is 0 Å². The monoisotopic (exact) mass is 138 g/mol. The number of hydrogen-bond acceptors (Lipinski definition) is 1. The standard InChI is InChI=1S/C9H14O/c1-3-5-6-7-8-9(10)4-2/h4,9-10H,2-3,5-6H2,1H3. The average molecular weight is 138 g/mol. The van der Waals surface area contributed by atoms with Crippen LogP contribution in [0.25, 0.3) is 0 Å². The van der Waals surface area contributed by atoms with Gasteiger partial charge in [-0.15, -0.1) is 5.92 Å². The van der Waals surface area contributed by atoms with Crippen molar-refractivity contribution in [2.75, 3.05) is 0 Å². The summed E-state index contributed by atoms with van der Waals surface area (Å²) in [5.41, 5.74) is 0. The average Bonchev–Trinajstić information content (AvgIpc) is 1.98. The quantitative estimate of drug-likeness (QED) is 0.358. The molecule has 0 spiro atoms. The molecule has 1 atom stereocenters. The predicted molar refractivity (Wildman–Crippen MR) is 43.5 cm³/mol. The fraction of sp³-hybridized carbons (Fsp3) is 0.556. The van der Waals surface area contributed by atoms with E-state index < -0.39 is 6.10 Å². The largest absolute Gasteiger partial charge is 0.377 e.